The molecule has 0 bridgehead atoms. The predicted octanol–water partition coefficient (Wildman–Crippen LogP) is 1.62. The highest BCUT2D eigenvalue weighted by Gasteiger charge is 2.28. The van der Waals surface area contributed by atoms with Gasteiger partial charge in [-0.1, -0.05) is 0 Å². The Labute approximate surface area is 111 Å². The van der Waals surface area contributed by atoms with Crippen LogP contribution in [0.25, 0.3) is 0 Å². The number of hydrogen-bond donors (Lipinski definition) is 0. The summed E-state index contributed by atoms with van der Waals surface area (Å²) in [4.78, 5) is 14.2. The molecule has 100 valence electrons. The lowest BCUT2D eigenvalue weighted by Gasteiger charge is -2.33. The van der Waals surface area contributed by atoms with Gasteiger partial charge in [0, 0.05) is 18.7 Å². The fourth-order valence-corrected chi connectivity index (χ4v) is 2.12. The van der Waals surface area contributed by atoms with Gasteiger partial charge in [0.1, 0.15) is 5.82 Å². The quantitative estimate of drug-likeness (QED) is 0.777. The van der Waals surface area contributed by atoms with E-state index in [0.29, 0.717) is 25.3 Å². The number of carbonyl (C=O) groups excluding carboxylic acids is 1. The number of ether oxygens (including phenoxy) is 1. The molecule has 0 aliphatic carbocycles. The molecule has 2 unspecified atom stereocenters. The van der Waals surface area contributed by atoms with Gasteiger partial charge in [-0.3, -0.25) is 9.69 Å². The van der Waals surface area contributed by atoms with E-state index in [4.69, 9.17) is 10.00 Å². The first-order valence-corrected chi connectivity index (χ1v) is 6.17. The summed E-state index contributed by atoms with van der Waals surface area (Å²) >= 11 is 0. The van der Waals surface area contributed by atoms with Crippen LogP contribution in [0.2, 0.25) is 0 Å². The van der Waals surface area contributed by atoms with Gasteiger partial charge < -0.3 is 4.74 Å². The molecule has 0 saturated carbocycles. The molecule has 1 aromatic carbocycles. The van der Waals surface area contributed by atoms with Gasteiger partial charge in [0.15, 0.2) is 11.9 Å². The molecule has 19 heavy (non-hydrogen) atoms. The number of nitriles is 1. The molecule has 0 amide bonds. The second kappa shape index (κ2) is 5.91. The lowest BCUT2D eigenvalue weighted by atomic mass is 10.0. The number of nitrogens with zero attached hydrogens (tertiary/aromatic N) is 2. The van der Waals surface area contributed by atoms with Crippen molar-refractivity contribution in [3.05, 3.63) is 35.6 Å². The third-order valence-electron chi connectivity index (χ3n) is 3.30. The second-order valence-electron chi connectivity index (χ2n) is 4.53. The van der Waals surface area contributed by atoms with Crippen LogP contribution in [0.15, 0.2) is 24.3 Å². The molecule has 0 N–H and O–H groups in total. The highest BCUT2D eigenvalue weighted by Crippen LogP contribution is 2.14. The maximum absolute atomic E-state index is 12.8. The van der Waals surface area contributed by atoms with E-state index in [2.05, 4.69) is 6.07 Å². The zero-order valence-electron chi connectivity index (χ0n) is 10.7. The van der Waals surface area contributed by atoms with Crippen molar-refractivity contribution in [2.24, 2.45) is 0 Å². The van der Waals surface area contributed by atoms with E-state index in [0.717, 1.165) is 0 Å². The molecule has 1 fully saturated rings. The topological polar surface area (TPSA) is 53.3 Å². The Morgan fingerprint density at radius 1 is 1.53 bits per heavy atom. The van der Waals surface area contributed by atoms with E-state index in [-0.39, 0.29) is 17.6 Å². The van der Waals surface area contributed by atoms with Gasteiger partial charge >= 0.3 is 0 Å². The van der Waals surface area contributed by atoms with Crippen LogP contribution in [-0.2, 0) is 4.74 Å². The van der Waals surface area contributed by atoms with E-state index >= 15 is 0 Å². The SMILES string of the molecule is CC(C(=O)c1ccc(F)cc1)N1CCOC(C#N)C1. The maximum atomic E-state index is 12.8. The highest BCUT2D eigenvalue weighted by atomic mass is 19.1. The van der Waals surface area contributed by atoms with Gasteiger partial charge in [-0.15, -0.1) is 0 Å². The summed E-state index contributed by atoms with van der Waals surface area (Å²) in [6.07, 6.45) is -0.489. The van der Waals surface area contributed by atoms with Gasteiger partial charge in [0.05, 0.1) is 18.7 Å². The van der Waals surface area contributed by atoms with Crippen LogP contribution >= 0.6 is 0 Å². The molecule has 4 nitrogen and oxygen atoms in total. The normalized spacial score (nSPS) is 21.6. The molecule has 0 radical (unpaired) electrons. The van der Waals surface area contributed by atoms with Gasteiger partial charge in [-0.25, -0.2) is 4.39 Å². The first kappa shape index (κ1) is 13.7. The summed E-state index contributed by atoms with van der Waals surface area (Å²) < 4.78 is 18.1. The van der Waals surface area contributed by atoms with Crippen LogP contribution in [0.1, 0.15) is 17.3 Å². The Hall–Kier alpha value is -1.77. The minimum Gasteiger partial charge on any atom is -0.361 e. The Morgan fingerprint density at radius 3 is 2.84 bits per heavy atom. The number of Topliss-reactive ketones (excluding diaryl/α,β-unsaturated/α-hetero) is 1. The van der Waals surface area contributed by atoms with E-state index in [1.807, 2.05) is 4.90 Å². The smallest absolute Gasteiger partial charge is 0.179 e. The van der Waals surface area contributed by atoms with Gasteiger partial charge in [-0.05, 0) is 31.2 Å². The molecule has 0 spiro atoms. The Balaban J connectivity index is 2.06. The zero-order valence-corrected chi connectivity index (χ0v) is 10.7. The van der Waals surface area contributed by atoms with Crippen LogP contribution in [0.5, 0.6) is 0 Å². The van der Waals surface area contributed by atoms with Crippen molar-refractivity contribution in [3.63, 3.8) is 0 Å². The number of rotatable bonds is 3. The van der Waals surface area contributed by atoms with Crippen LogP contribution in [0, 0.1) is 17.1 Å². The van der Waals surface area contributed by atoms with E-state index in [1.54, 1.807) is 6.92 Å². The third-order valence-corrected chi connectivity index (χ3v) is 3.30. The highest BCUT2D eigenvalue weighted by molar-refractivity contribution is 5.99. The number of hydrogen-bond acceptors (Lipinski definition) is 4. The molecule has 1 aromatic rings. The first-order valence-electron chi connectivity index (χ1n) is 6.17. The third kappa shape index (κ3) is 3.16. The predicted molar refractivity (Wildman–Crippen MR) is 67.1 cm³/mol. The molecule has 1 aliphatic heterocycles. The van der Waals surface area contributed by atoms with Crippen LogP contribution < -0.4 is 0 Å². The standard InChI is InChI=1S/C14H15FN2O2/c1-10(17-6-7-19-13(8-16)9-17)14(18)11-2-4-12(15)5-3-11/h2-5,10,13H,6-7,9H2,1H3. The van der Waals surface area contributed by atoms with Crippen molar-refractivity contribution in [1.82, 2.24) is 4.90 Å². The van der Waals surface area contributed by atoms with Crippen molar-refractivity contribution in [1.29, 1.82) is 5.26 Å². The van der Waals surface area contributed by atoms with E-state index in [1.165, 1.54) is 24.3 Å². The van der Waals surface area contributed by atoms with E-state index < -0.39 is 6.10 Å². The summed E-state index contributed by atoms with van der Waals surface area (Å²) in [6.45, 7) is 3.28. The van der Waals surface area contributed by atoms with Gasteiger partial charge in [0.25, 0.3) is 0 Å². The fourth-order valence-electron chi connectivity index (χ4n) is 2.12. The van der Waals surface area contributed by atoms with Gasteiger partial charge in [-0.2, -0.15) is 5.26 Å². The average molecular weight is 262 g/mol. The zero-order chi connectivity index (χ0) is 13.8. The van der Waals surface area contributed by atoms with Crippen LogP contribution in [0.3, 0.4) is 0 Å². The Kier molecular flexibility index (Phi) is 4.25. The van der Waals surface area contributed by atoms with Crippen LogP contribution in [0.4, 0.5) is 4.39 Å². The Morgan fingerprint density at radius 2 is 2.21 bits per heavy atom. The molecule has 1 heterocycles. The average Bonchev–Trinajstić information content (AvgIpc) is 2.46. The van der Waals surface area contributed by atoms with Gasteiger partial charge in [0.2, 0.25) is 0 Å². The fraction of sp³-hybridized carbons (Fsp3) is 0.429. The lowest BCUT2D eigenvalue weighted by Crippen LogP contribution is -2.49. The molecule has 2 atom stereocenters. The Bertz CT molecular complexity index is 495. The summed E-state index contributed by atoms with van der Waals surface area (Å²) in [6, 6.07) is 7.22. The lowest BCUT2D eigenvalue weighted by molar-refractivity contribution is -0.0109. The summed E-state index contributed by atoms with van der Waals surface area (Å²) in [5, 5.41) is 8.85. The molecule has 0 aromatic heterocycles. The summed E-state index contributed by atoms with van der Waals surface area (Å²) in [7, 11) is 0. The van der Waals surface area contributed by atoms with Crippen molar-refractivity contribution in [2.45, 2.75) is 19.1 Å². The van der Waals surface area contributed by atoms with Crippen molar-refractivity contribution >= 4 is 5.78 Å². The number of morpholine rings is 1. The monoisotopic (exact) mass is 262 g/mol. The summed E-state index contributed by atoms with van der Waals surface area (Å²) in [5.41, 5.74) is 0.480. The minimum absolute atomic E-state index is 0.0708. The summed E-state index contributed by atoms with van der Waals surface area (Å²) in [5.74, 6) is -0.432. The van der Waals surface area contributed by atoms with E-state index in [9.17, 15) is 9.18 Å². The van der Waals surface area contributed by atoms with Crippen LogP contribution in [-0.4, -0.2) is 42.5 Å². The maximum Gasteiger partial charge on any atom is 0.179 e. The minimum atomic E-state index is -0.489. The van der Waals surface area contributed by atoms with Crippen molar-refractivity contribution in [2.75, 3.05) is 19.7 Å². The molecule has 1 saturated heterocycles. The molecule has 5 heteroatoms. The molecule has 1 aliphatic rings. The number of ketones is 1. The molecule has 2 rings (SSSR count). The number of benzene rings is 1. The number of halogens is 1. The first-order chi connectivity index (χ1) is 9.11. The molecular weight excluding hydrogens is 247 g/mol. The molecular formula is C14H15FN2O2. The van der Waals surface area contributed by atoms with Crippen molar-refractivity contribution in [3.8, 4) is 6.07 Å². The largest absolute Gasteiger partial charge is 0.361 e. The van der Waals surface area contributed by atoms with Crippen molar-refractivity contribution < 1.29 is 13.9 Å². The number of carbonyl (C=O) groups is 1. The second-order valence-corrected chi connectivity index (χ2v) is 4.53.